The molecule has 0 aromatic heterocycles. The maximum absolute atomic E-state index is 12.9. The van der Waals surface area contributed by atoms with E-state index in [9.17, 15) is 13.2 Å². The fraction of sp³-hybridized carbons (Fsp3) is 0.350. The van der Waals surface area contributed by atoms with Crippen LogP contribution in [0.2, 0.25) is 0 Å². The van der Waals surface area contributed by atoms with Gasteiger partial charge in [0.05, 0.1) is 5.75 Å². The minimum atomic E-state index is -3.58. The van der Waals surface area contributed by atoms with Crippen LogP contribution in [0.4, 0.5) is 0 Å². The lowest BCUT2D eigenvalue weighted by Crippen LogP contribution is -2.36. The molecule has 0 radical (unpaired) electrons. The van der Waals surface area contributed by atoms with Gasteiger partial charge in [0.2, 0.25) is 0 Å². The summed E-state index contributed by atoms with van der Waals surface area (Å²) in [4.78, 5) is 14.6. The van der Waals surface area contributed by atoms with Gasteiger partial charge in [-0.1, -0.05) is 29.8 Å². The number of hydrogen-bond donors (Lipinski definition) is 0. The Balaban J connectivity index is 2.22. The zero-order chi connectivity index (χ0) is 19.3. The Kier molecular flexibility index (Phi) is 6.42. The quantitative estimate of drug-likeness (QED) is 0.691. The van der Waals surface area contributed by atoms with Crippen LogP contribution in [0.1, 0.15) is 42.3 Å². The lowest BCUT2D eigenvalue weighted by Gasteiger charge is -2.27. The summed E-state index contributed by atoms with van der Waals surface area (Å²) < 4.78 is 28.3. The molecule has 0 bridgehead atoms. The van der Waals surface area contributed by atoms with Gasteiger partial charge in [0.25, 0.3) is 5.91 Å². The van der Waals surface area contributed by atoms with Gasteiger partial charge < -0.3 is 9.08 Å². The van der Waals surface area contributed by atoms with Crippen LogP contribution in [0.15, 0.2) is 48.5 Å². The average molecular weight is 375 g/mol. The van der Waals surface area contributed by atoms with E-state index < -0.39 is 10.1 Å². The van der Waals surface area contributed by atoms with Crippen LogP contribution in [0.5, 0.6) is 5.75 Å². The summed E-state index contributed by atoms with van der Waals surface area (Å²) in [7, 11) is -3.58. The van der Waals surface area contributed by atoms with Gasteiger partial charge in [-0.25, -0.2) is 0 Å². The Morgan fingerprint density at radius 2 is 1.77 bits per heavy atom. The van der Waals surface area contributed by atoms with Crippen molar-refractivity contribution in [1.82, 2.24) is 4.90 Å². The maximum atomic E-state index is 12.9. The van der Waals surface area contributed by atoms with Crippen LogP contribution in [-0.2, 0) is 16.7 Å². The van der Waals surface area contributed by atoms with E-state index in [4.69, 9.17) is 4.18 Å². The molecule has 0 aliphatic heterocycles. The third-order valence-electron chi connectivity index (χ3n) is 4.01. The van der Waals surface area contributed by atoms with Crippen molar-refractivity contribution in [3.8, 4) is 5.75 Å². The monoisotopic (exact) mass is 375 g/mol. The Morgan fingerprint density at radius 1 is 1.12 bits per heavy atom. The van der Waals surface area contributed by atoms with Crippen LogP contribution < -0.4 is 4.18 Å². The molecule has 0 spiro atoms. The van der Waals surface area contributed by atoms with Crippen molar-refractivity contribution < 1.29 is 17.4 Å². The van der Waals surface area contributed by atoms with E-state index in [-0.39, 0.29) is 23.5 Å². The molecule has 0 atom stereocenters. The highest BCUT2D eigenvalue weighted by molar-refractivity contribution is 7.87. The van der Waals surface area contributed by atoms with Gasteiger partial charge in [0.1, 0.15) is 5.75 Å². The Bertz CT molecular complexity index is 858. The Hall–Kier alpha value is -2.34. The lowest BCUT2D eigenvalue weighted by atomic mass is 10.1. The standard InChI is InChI=1S/C20H25NO4S/c1-5-26(23,24)25-19-8-6-7-17(13-19)14-21(15(2)3)20(22)18-11-9-16(4)10-12-18/h6-13,15H,5,14H2,1-4H3. The highest BCUT2D eigenvalue weighted by Gasteiger charge is 2.19. The molecule has 0 saturated carbocycles. The summed E-state index contributed by atoms with van der Waals surface area (Å²) in [6.45, 7) is 7.78. The number of carbonyl (C=O) groups excluding carboxylic acids is 1. The fourth-order valence-electron chi connectivity index (χ4n) is 2.45. The normalized spacial score (nSPS) is 11.4. The number of hydrogen-bond acceptors (Lipinski definition) is 4. The molecule has 0 unspecified atom stereocenters. The van der Waals surface area contributed by atoms with E-state index in [0.717, 1.165) is 11.1 Å². The molecule has 5 nitrogen and oxygen atoms in total. The molecule has 0 aliphatic carbocycles. The van der Waals surface area contributed by atoms with Crippen LogP contribution in [0, 0.1) is 6.92 Å². The predicted molar refractivity (Wildman–Crippen MR) is 103 cm³/mol. The third kappa shape index (κ3) is 5.33. The van der Waals surface area contributed by atoms with Crippen LogP contribution in [0.25, 0.3) is 0 Å². The summed E-state index contributed by atoms with van der Waals surface area (Å²) in [6, 6.07) is 14.3. The molecule has 0 heterocycles. The minimum absolute atomic E-state index is 0.00671. The zero-order valence-electron chi connectivity index (χ0n) is 15.6. The minimum Gasteiger partial charge on any atom is -0.382 e. The van der Waals surface area contributed by atoms with Gasteiger partial charge in [-0.05, 0) is 57.5 Å². The number of rotatable bonds is 7. The predicted octanol–water partition coefficient (Wildman–Crippen LogP) is 3.77. The van der Waals surface area contributed by atoms with Gasteiger partial charge in [-0.3, -0.25) is 4.79 Å². The van der Waals surface area contributed by atoms with Crippen LogP contribution in [-0.4, -0.2) is 31.0 Å². The van der Waals surface area contributed by atoms with Gasteiger partial charge in [-0.2, -0.15) is 8.42 Å². The van der Waals surface area contributed by atoms with Crippen molar-refractivity contribution in [2.45, 2.75) is 40.3 Å². The van der Waals surface area contributed by atoms with E-state index in [1.165, 1.54) is 6.92 Å². The van der Waals surface area contributed by atoms with Crippen LogP contribution in [0.3, 0.4) is 0 Å². The van der Waals surface area contributed by atoms with E-state index >= 15 is 0 Å². The Morgan fingerprint density at radius 3 is 2.35 bits per heavy atom. The second-order valence-electron chi connectivity index (χ2n) is 6.47. The first-order valence-electron chi connectivity index (χ1n) is 8.60. The largest absolute Gasteiger partial charge is 0.382 e. The summed E-state index contributed by atoms with van der Waals surface area (Å²) in [5.74, 6) is 0.102. The summed E-state index contributed by atoms with van der Waals surface area (Å²) >= 11 is 0. The topological polar surface area (TPSA) is 63.7 Å². The summed E-state index contributed by atoms with van der Waals surface area (Å²) in [6.07, 6.45) is 0. The molecule has 6 heteroatoms. The molecule has 0 N–H and O–H groups in total. The molecule has 2 aromatic carbocycles. The highest BCUT2D eigenvalue weighted by atomic mass is 32.2. The lowest BCUT2D eigenvalue weighted by molar-refractivity contribution is 0.0690. The molecule has 0 aliphatic rings. The zero-order valence-corrected chi connectivity index (χ0v) is 16.4. The average Bonchev–Trinajstić information content (AvgIpc) is 2.59. The van der Waals surface area contributed by atoms with Crippen LogP contribution >= 0.6 is 0 Å². The molecule has 0 saturated heterocycles. The molecule has 0 fully saturated rings. The molecular formula is C20H25NO4S. The number of carbonyl (C=O) groups is 1. The van der Waals surface area contributed by atoms with Crippen molar-refractivity contribution in [1.29, 1.82) is 0 Å². The van der Waals surface area contributed by atoms with E-state index in [1.54, 1.807) is 23.1 Å². The Labute approximate surface area is 155 Å². The van der Waals surface area contributed by atoms with Crippen molar-refractivity contribution >= 4 is 16.0 Å². The van der Waals surface area contributed by atoms with E-state index in [2.05, 4.69) is 0 Å². The van der Waals surface area contributed by atoms with Gasteiger partial charge in [0, 0.05) is 18.2 Å². The summed E-state index contributed by atoms with van der Waals surface area (Å²) in [5, 5.41) is 0. The first-order valence-corrected chi connectivity index (χ1v) is 10.2. The van der Waals surface area contributed by atoms with E-state index in [1.807, 2.05) is 51.1 Å². The van der Waals surface area contributed by atoms with Crippen molar-refractivity contribution in [3.05, 3.63) is 65.2 Å². The smallest absolute Gasteiger partial charge is 0.308 e. The second kappa shape index (κ2) is 8.36. The number of aryl methyl sites for hydroxylation is 1. The molecule has 26 heavy (non-hydrogen) atoms. The highest BCUT2D eigenvalue weighted by Crippen LogP contribution is 2.19. The van der Waals surface area contributed by atoms with Crippen molar-refractivity contribution in [2.24, 2.45) is 0 Å². The maximum Gasteiger partial charge on any atom is 0.308 e. The molecule has 2 rings (SSSR count). The van der Waals surface area contributed by atoms with Gasteiger partial charge in [-0.15, -0.1) is 0 Å². The number of amides is 1. The van der Waals surface area contributed by atoms with E-state index in [0.29, 0.717) is 12.1 Å². The molecule has 140 valence electrons. The fourth-order valence-corrected chi connectivity index (χ4v) is 2.96. The van der Waals surface area contributed by atoms with Crippen molar-refractivity contribution in [2.75, 3.05) is 5.75 Å². The summed E-state index contributed by atoms with van der Waals surface area (Å²) in [5.41, 5.74) is 2.54. The molecular weight excluding hydrogens is 350 g/mol. The van der Waals surface area contributed by atoms with Gasteiger partial charge >= 0.3 is 10.1 Å². The number of benzene rings is 2. The first-order chi connectivity index (χ1) is 12.2. The second-order valence-corrected chi connectivity index (χ2v) is 8.33. The molecule has 2 aromatic rings. The molecule has 1 amide bonds. The first kappa shape index (κ1) is 20.0. The SMILES string of the molecule is CCS(=O)(=O)Oc1cccc(CN(C(=O)c2ccc(C)cc2)C(C)C)c1. The number of nitrogens with zero attached hydrogens (tertiary/aromatic N) is 1. The third-order valence-corrected chi connectivity index (χ3v) is 5.16. The van der Waals surface area contributed by atoms with Crippen molar-refractivity contribution in [3.63, 3.8) is 0 Å². The van der Waals surface area contributed by atoms with Gasteiger partial charge in [0.15, 0.2) is 0 Å².